The second-order valence-electron chi connectivity index (χ2n) is 3.58. The number of pyridine rings is 1. The Labute approximate surface area is 91.1 Å². The van der Waals surface area contributed by atoms with Crippen LogP contribution in [0.3, 0.4) is 0 Å². The number of aryl methyl sites for hydroxylation is 1. The van der Waals surface area contributed by atoms with E-state index in [9.17, 15) is 0 Å². The Kier molecular flexibility index (Phi) is 4.29. The zero-order valence-corrected chi connectivity index (χ0v) is 9.20. The van der Waals surface area contributed by atoms with Crippen LogP contribution in [0.4, 0.5) is 0 Å². The first-order chi connectivity index (χ1) is 7.19. The fourth-order valence-electron chi connectivity index (χ4n) is 1.48. The molecule has 0 aliphatic rings. The Morgan fingerprint density at radius 1 is 1.67 bits per heavy atom. The van der Waals surface area contributed by atoms with Crippen molar-refractivity contribution in [1.29, 1.82) is 0 Å². The molecule has 0 fully saturated rings. The van der Waals surface area contributed by atoms with Gasteiger partial charge in [-0.25, -0.2) is 0 Å². The summed E-state index contributed by atoms with van der Waals surface area (Å²) in [5, 5.41) is 3.27. The van der Waals surface area contributed by atoms with Crippen LogP contribution < -0.4 is 11.1 Å². The maximum atomic E-state index is 5.72. The van der Waals surface area contributed by atoms with Crippen LogP contribution >= 0.6 is 0 Å². The lowest BCUT2D eigenvalue weighted by Gasteiger charge is -2.20. The van der Waals surface area contributed by atoms with Crippen molar-refractivity contribution in [3.05, 3.63) is 29.6 Å². The van der Waals surface area contributed by atoms with E-state index in [2.05, 4.69) is 16.2 Å². The van der Waals surface area contributed by atoms with E-state index in [1.54, 1.807) is 6.20 Å². The first kappa shape index (κ1) is 11.7. The first-order valence-corrected chi connectivity index (χ1v) is 5.01. The molecule has 1 aromatic rings. The molecule has 0 amide bonds. The molecule has 0 radical (unpaired) electrons. The average Bonchev–Trinajstić information content (AvgIpc) is 2.26. The standard InChI is InChI=1S/C12H17N3/c1-4-10(3)15-12(7-13)11-8-14-6-5-9(11)2/h1,5-6,8,10,12,15H,7,13H2,2-3H3. The molecule has 0 spiro atoms. The molecular weight excluding hydrogens is 186 g/mol. The Balaban J connectivity index is 2.84. The minimum absolute atomic E-state index is 0.0122. The van der Waals surface area contributed by atoms with Gasteiger partial charge in [-0.15, -0.1) is 6.42 Å². The van der Waals surface area contributed by atoms with Gasteiger partial charge in [0.05, 0.1) is 6.04 Å². The van der Waals surface area contributed by atoms with Crippen molar-refractivity contribution in [2.75, 3.05) is 6.54 Å². The van der Waals surface area contributed by atoms with Gasteiger partial charge in [0, 0.05) is 25.0 Å². The highest BCUT2D eigenvalue weighted by Gasteiger charge is 2.13. The Morgan fingerprint density at radius 2 is 2.40 bits per heavy atom. The van der Waals surface area contributed by atoms with Crippen LogP contribution in [-0.2, 0) is 0 Å². The average molecular weight is 203 g/mol. The molecule has 0 bridgehead atoms. The maximum Gasteiger partial charge on any atom is 0.0663 e. The SMILES string of the molecule is C#CC(C)NC(CN)c1cnccc1C. The molecule has 3 N–H and O–H groups in total. The van der Waals surface area contributed by atoms with Crippen molar-refractivity contribution in [2.24, 2.45) is 5.73 Å². The quantitative estimate of drug-likeness (QED) is 0.718. The van der Waals surface area contributed by atoms with Crippen molar-refractivity contribution in [2.45, 2.75) is 25.9 Å². The molecular formula is C12H17N3. The van der Waals surface area contributed by atoms with Gasteiger partial charge in [-0.1, -0.05) is 5.92 Å². The summed E-state index contributed by atoms with van der Waals surface area (Å²) in [6, 6.07) is 2.06. The summed E-state index contributed by atoms with van der Waals surface area (Å²) < 4.78 is 0. The van der Waals surface area contributed by atoms with Gasteiger partial charge >= 0.3 is 0 Å². The minimum Gasteiger partial charge on any atom is -0.329 e. The molecule has 1 heterocycles. The number of terminal acetylenes is 1. The summed E-state index contributed by atoms with van der Waals surface area (Å²) >= 11 is 0. The molecule has 2 atom stereocenters. The highest BCUT2D eigenvalue weighted by atomic mass is 15.0. The molecule has 0 aliphatic heterocycles. The lowest BCUT2D eigenvalue weighted by Crippen LogP contribution is -2.34. The third-order valence-electron chi connectivity index (χ3n) is 2.39. The fourth-order valence-corrected chi connectivity index (χ4v) is 1.48. The van der Waals surface area contributed by atoms with E-state index in [1.165, 1.54) is 5.56 Å². The van der Waals surface area contributed by atoms with Crippen LogP contribution in [0, 0.1) is 19.3 Å². The van der Waals surface area contributed by atoms with Crippen LogP contribution in [-0.4, -0.2) is 17.6 Å². The third-order valence-corrected chi connectivity index (χ3v) is 2.39. The predicted molar refractivity (Wildman–Crippen MR) is 62.2 cm³/mol. The third kappa shape index (κ3) is 3.05. The molecule has 3 heteroatoms. The normalized spacial score (nSPS) is 14.3. The number of hydrogen-bond acceptors (Lipinski definition) is 3. The van der Waals surface area contributed by atoms with Crippen molar-refractivity contribution >= 4 is 0 Å². The Morgan fingerprint density at radius 3 is 2.93 bits per heavy atom. The lowest BCUT2D eigenvalue weighted by molar-refractivity contribution is 0.515. The number of hydrogen-bond donors (Lipinski definition) is 2. The van der Waals surface area contributed by atoms with Gasteiger partial charge < -0.3 is 5.73 Å². The number of nitrogens with two attached hydrogens (primary N) is 1. The van der Waals surface area contributed by atoms with Gasteiger partial charge in [0.2, 0.25) is 0 Å². The van der Waals surface area contributed by atoms with Gasteiger partial charge in [0.15, 0.2) is 0 Å². The summed E-state index contributed by atoms with van der Waals surface area (Å²) in [6.45, 7) is 4.49. The van der Waals surface area contributed by atoms with E-state index >= 15 is 0 Å². The van der Waals surface area contributed by atoms with E-state index in [1.807, 2.05) is 26.1 Å². The van der Waals surface area contributed by atoms with Crippen molar-refractivity contribution < 1.29 is 0 Å². The molecule has 0 aliphatic carbocycles. The lowest BCUT2D eigenvalue weighted by atomic mass is 10.0. The Hall–Kier alpha value is -1.37. The summed E-state index contributed by atoms with van der Waals surface area (Å²) in [5.41, 5.74) is 8.01. The second-order valence-corrected chi connectivity index (χ2v) is 3.58. The summed E-state index contributed by atoms with van der Waals surface area (Å²) in [7, 11) is 0. The van der Waals surface area contributed by atoms with Gasteiger partial charge in [-0.3, -0.25) is 10.3 Å². The first-order valence-electron chi connectivity index (χ1n) is 5.01. The number of rotatable bonds is 4. The highest BCUT2D eigenvalue weighted by molar-refractivity contribution is 5.25. The van der Waals surface area contributed by atoms with Crippen LogP contribution in [0.2, 0.25) is 0 Å². The number of aromatic nitrogens is 1. The summed E-state index contributed by atoms with van der Waals surface area (Å²) in [6.07, 6.45) is 8.93. The van der Waals surface area contributed by atoms with E-state index < -0.39 is 0 Å². The van der Waals surface area contributed by atoms with Gasteiger partial charge in [0.25, 0.3) is 0 Å². The van der Waals surface area contributed by atoms with Crippen molar-refractivity contribution in [3.8, 4) is 12.3 Å². The number of nitrogens with one attached hydrogen (secondary N) is 1. The molecule has 0 saturated carbocycles. The van der Waals surface area contributed by atoms with Crippen molar-refractivity contribution in [1.82, 2.24) is 10.3 Å². The molecule has 3 nitrogen and oxygen atoms in total. The van der Waals surface area contributed by atoms with Crippen LogP contribution in [0.1, 0.15) is 24.1 Å². The molecule has 15 heavy (non-hydrogen) atoms. The van der Waals surface area contributed by atoms with E-state index in [0.717, 1.165) is 5.56 Å². The van der Waals surface area contributed by atoms with E-state index in [0.29, 0.717) is 6.54 Å². The summed E-state index contributed by atoms with van der Waals surface area (Å²) in [5.74, 6) is 2.63. The largest absolute Gasteiger partial charge is 0.329 e. The van der Waals surface area contributed by atoms with Crippen LogP contribution in [0.5, 0.6) is 0 Å². The smallest absolute Gasteiger partial charge is 0.0663 e. The minimum atomic E-state index is 0.0122. The topological polar surface area (TPSA) is 50.9 Å². The van der Waals surface area contributed by atoms with Gasteiger partial charge in [0.1, 0.15) is 0 Å². The molecule has 0 aromatic carbocycles. The second kappa shape index (κ2) is 5.50. The molecule has 1 rings (SSSR count). The van der Waals surface area contributed by atoms with Gasteiger partial charge in [-0.2, -0.15) is 0 Å². The van der Waals surface area contributed by atoms with E-state index in [-0.39, 0.29) is 12.1 Å². The molecule has 80 valence electrons. The predicted octanol–water partition coefficient (Wildman–Crippen LogP) is 1.00. The van der Waals surface area contributed by atoms with E-state index in [4.69, 9.17) is 12.2 Å². The zero-order chi connectivity index (χ0) is 11.3. The molecule has 2 unspecified atom stereocenters. The fraction of sp³-hybridized carbons (Fsp3) is 0.417. The summed E-state index contributed by atoms with van der Waals surface area (Å²) in [4.78, 5) is 4.10. The van der Waals surface area contributed by atoms with Gasteiger partial charge in [-0.05, 0) is 31.0 Å². The molecule has 1 aromatic heterocycles. The van der Waals surface area contributed by atoms with Crippen LogP contribution in [0.15, 0.2) is 18.5 Å². The molecule has 0 saturated heterocycles. The van der Waals surface area contributed by atoms with Crippen LogP contribution in [0.25, 0.3) is 0 Å². The Bertz CT molecular complexity index is 354. The number of nitrogens with zero attached hydrogens (tertiary/aromatic N) is 1. The maximum absolute atomic E-state index is 5.72. The monoisotopic (exact) mass is 203 g/mol. The highest BCUT2D eigenvalue weighted by Crippen LogP contribution is 2.15. The zero-order valence-electron chi connectivity index (χ0n) is 9.20. The van der Waals surface area contributed by atoms with Crippen molar-refractivity contribution in [3.63, 3.8) is 0 Å².